The minimum atomic E-state index is -0.242. The molecule has 0 aromatic heterocycles. The summed E-state index contributed by atoms with van der Waals surface area (Å²) in [5.41, 5.74) is -0.242. The van der Waals surface area contributed by atoms with Crippen molar-refractivity contribution in [3.8, 4) is 6.07 Å². The molecule has 2 atom stereocenters. The Morgan fingerprint density at radius 2 is 2.00 bits per heavy atom. The van der Waals surface area contributed by atoms with Crippen LogP contribution in [0.3, 0.4) is 0 Å². The Morgan fingerprint density at radius 3 is 2.53 bits per heavy atom. The lowest BCUT2D eigenvalue weighted by Gasteiger charge is -2.37. The topological polar surface area (TPSA) is 39.1 Å². The van der Waals surface area contributed by atoms with Gasteiger partial charge in [-0.05, 0) is 63.6 Å². The monoisotopic (exact) mass is 263 g/mol. The molecule has 1 saturated heterocycles. The Morgan fingerprint density at radius 1 is 1.32 bits per heavy atom. The van der Waals surface area contributed by atoms with Crippen molar-refractivity contribution in [3.63, 3.8) is 0 Å². The van der Waals surface area contributed by atoms with Crippen molar-refractivity contribution in [2.24, 2.45) is 11.8 Å². The van der Waals surface area contributed by atoms with E-state index in [4.69, 9.17) is 0 Å². The number of hydrogen-bond donors (Lipinski definition) is 1. The average Bonchev–Trinajstić information content (AvgIpc) is 2.84. The Bertz CT molecular complexity index is 325. The number of rotatable bonds is 4. The van der Waals surface area contributed by atoms with Gasteiger partial charge < -0.3 is 4.90 Å². The van der Waals surface area contributed by atoms with E-state index in [0.29, 0.717) is 6.04 Å². The fourth-order valence-corrected chi connectivity index (χ4v) is 3.92. The smallest absolute Gasteiger partial charge is 0.108 e. The summed E-state index contributed by atoms with van der Waals surface area (Å²) in [6.07, 6.45) is 5.91. The predicted molar refractivity (Wildman–Crippen MR) is 78.8 cm³/mol. The molecule has 0 amide bonds. The van der Waals surface area contributed by atoms with Crippen LogP contribution >= 0.6 is 0 Å². The van der Waals surface area contributed by atoms with Crippen molar-refractivity contribution >= 4 is 0 Å². The zero-order chi connectivity index (χ0) is 13.9. The van der Waals surface area contributed by atoms with Gasteiger partial charge in [-0.25, -0.2) is 0 Å². The molecular formula is C16H29N3. The summed E-state index contributed by atoms with van der Waals surface area (Å²) >= 11 is 0. The molecule has 1 aliphatic carbocycles. The summed E-state index contributed by atoms with van der Waals surface area (Å²) in [7, 11) is 0. The van der Waals surface area contributed by atoms with Crippen molar-refractivity contribution < 1.29 is 0 Å². The zero-order valence-electron chi connectivity index (χ0n) is 12.8. The predicted octanol–water partition coefficient (Wildman–Crippen LogP) is 2.78. The van der Waals surface area contributed by atoms with E-state index in [9.17, 15) is 5.26 Å². The molecule has 1 N–H and O–H groups in total. The van der Waals surface area contributed by atoms with Crippen LogP contribution in [-0.4, -0.2) is 36.1 Å². The highest BCUT2D eigenvalue weighted by Crippen LogP contribution is 2.35. The largest absolute Gasteiger partial charge is 0.300 e. The SMILES string of the molecule is CCNC1(C#N)CCC(N2CCC(C(C)C)CC2)C1. The molecule has 19 heavy (non-hydrogen) atoms. The Hall–Kier alpha value is -0.590. The molecule has 1 saturated carbocycles. The molecule has 0 bridgehead atoms. The molecule has 0 radical (unpaired) electrons. The fraction of sp³-hybridized carbons (Fsp3) is 0.938. The van der Waals surface area contributed by atoms with Crippen molar-refractivity contribution in [2.75, 3.05) is 19.6 Å². The zero-order valence-corrected chi connectivity index (χ0v) is 12.8. The summed E-state index contributed by atoms with van der Waals surface area (Å²) in [4.78, 5) is 2.65. The number of nitrogens with zero attached hydrogens (tertiary/aromatic N) is 2. The second-order valence-corrected chi connectivity index (χ2v) is 6.74. The van der Waals surface area contributed by atoms with E-state index in [1.54, 1.807) is 0 Å². The number of piperidine rings is 1. The van der Waals surface area contributed by atoms with E-state index in [2.05, 4.69) is 37.1 Å². The van der Waals surface area contributed by atoms with Gasteiger partial charge in [0.2, 0.25) is 0 Å². The van der Waals surface area contributed by atoms with Crippen LogP contribution < -0.4 is 5.32 Å². The average molecular weight is 263 g/mol. The molecule has 1 heterocycles. The minimum Gasteiger partial charge on any atom is -0.300 e. The number of nitrogens with one attached hydrogen (secondary N) is 1. The van der Waals surface area contributed by atoms with E-state index in [1.165, 1.54) is 32.4 Å². The van der Waals surface area contributed by atoms with Gasteiger partial charge in [0, 0.05) is 6.04 Å². The third-order valence-electron chi connectivity index (χ3n) is 5.25. The lowest BCUT2D eigenvalue weighted by atomic mass is 9.86. The lowest BCUT2D eigenvalue weighted by molar-refractivity contribution is 0.114. The van der Waals surface area contributed by atoms with Crippen LogP contribution in [0.15, 0.2) is 0 Å². The van der Waals surface area contributed by atoms with Crippen molar-refractivity contribution in [1.29, 1.82) is 5.26 Å². The number of likely N-dealkylation sites (tertiary alicyclic amines) is 1. The normalized spacial score (nSPS) is 33.7. The molecule has 1 aliphatic heterocycles. The first-order valence-corrected chi connectivity index (χ1v) is 8.00. The van der Waals surface area contributed by atoms with Crippen LogP contribution in [0.4, 0.5) is 0 Å². The van der Waals surface area contributed by atoms with E-state index < -0.39 is 0 Å². The van der Waals surface area contributed by atoms with Gasteiger partial charge in [0.25, 0.3) is 0 Å². The third-order valence-corrected chi connectivity index (χ3v) is 5.25. The molecule has 3 heteroatoms. The van der Waals surface area contributed by atoms with Crippen LogP contribution in [0.1, 0.15) is 52.9 Å². The summed E-state index contributed by atoms with van der Waals surface area (Å²) < 4.78 is 0. The van der Waals surface area contributed by atoms with Gasteiger partial charge in [-0.2, -0.15) is 5.26 Å². The summed E-state index contributed by atoms with van der Waals surface area (Å²) in [6, 6.07) is 3.17. The Labute approximate surface area is 118 Å². The molecule has 3 nitrogen and oxygen atoms in total. The second kappa shape index (κ2) is 6.24. The van der Waals surface area contributed by atoms with Gasteiger partial charge in [-0.1, -0.05) is 20.8 Å². The highest BCUT2D eigenvalue weighted by Gasteiger charge is 2.41. The van der Waals surface area contributed by atoms with Gasteiger partial charge in [0.15, 0.2) is 0 Å². The number of hydrogen-bond acceptors (Lipinski definition) is 3. The molecule has 2 unspecified atom stereocenters. The van der Waals surface area contributed by atoms with Gasteiger partial charge in [-0.15, -0.1) is 0 Å². The van der Waals surface area contributed by atoms with Crippen LogP contribution in [0, 0.1) is 23.2 Å². The number of nitriles is 1. The first-order valence-electron chi connectivity index (χ1n) is 8.00. The van der Waals surface area contributed by atoms with Gasteiger partial charge in [-0.3, -0.25) is 5.32 Å². The third kappa shape index (κ3) is 3.30. The maximum Gasteiger partial charge on any atom is 0.108 e. The van der Waals surface area contributed by atoms with Crippen LogP contribution in [0.25, 0.3) is 0 Å². The van der Waals surface area contributed by atoms with Crippen LogP contribution in [0.5, 0.6) is 0 Å². The molecule has 2 aliphatic rings. The van der Waals surface area contributed by atoms with Crippen molar-refractivity contribution in [1.82, 2.24) is 10.2 Å². The minimum absolute atomic E-state index is 0.242. The molecular weight excluding hydrogens is 234 g/mol. The molecule has 0 spiro atoms. The first-order chi connectivity index (χ1) is 9.10. The van der Waals surface area contributed by atoms with Crippen LogP contribution in [-0.2, 0) is 0 Å². The van der Waals surface area contributed by atoms with E-state index >= 15 is 0 Å². The van der Waals surface area contributed by atoms with Gasteiger partial charge in [0.05, 0.1) is 6.07 Å². The Kier molecular flexibility index (Phi) is 4.86. The van der Waals surface area contributed by atoms with E-state index in [0.717, 1.165) is 31.2 Å². The quantitative estimate of drug-likeness (QED) is 0.847. The summed E-state index contributed by atoms with van der Waals surface area (Å²) in [5.74, 6) is 1.73. The maximum absolute atomic E-state index is 9.45. The van der Waals surface area contributed by atoms with Crippen molar-refractivity contribution in [3.05, 3.63) is 0 Å². The summed E-state index contributed by atoms with van der Waals surface area (Å²) in [6.45, 7) is 10.2. The fourth-order valence-electron chi connectivity index (χ4n) is 3.92. The molecule has 108 valence electrons. The lowest BCUT2D eigenvalue weighted by Crippen LogP contribution is -2.45. The second-order valence-electron chi connectivity index (χ2n) is 6.74. The standard InChI is InChI=1S/C16H29N3/c1-4-18-16(12-17)8-5-15(11-16)19-9-6-14(7-10-19)13(2)3/h13-15,18H,4-11H2,1-3H3. The molecule has 2 fully saturated rings. The van der Waals surface area contributed by atoms with Crippen molar-refractivity contribution in [2.45, 2.75) is 64.5 Å². The highest BCUT2D eigenvalue weighted by molar-refractivity contribution is 5.13. The Balaban J connectivity index is 1.87. The van der Waals surface area contributed by atoms with E-state index in [1.807, 2.05) is 0 Å². The van der Waals surface area contributed by atoms with E-state index in [-0.39, 0.29) is 5.54 Å². The van der Waals surface area contributed by atoms with Gasteiger partial charge >= 0.3 is 0 Å². The first kappa shape index (κ1) is 14.8. The highest BCUT2D eigenvalue weighted by atomic mass is 15.2. The van der Waals surface area contributed by atoms with Crippen LogP contribution in [0.2, 0.25) is 0 Å². The molecule has 0 aromatic carbocycles. The summed E-state index contributed by atoms with van der Waals surface area (Å²) in [5, 5.41) is 12.9. The van der Waals surface area contributed by atoms with Gasteiger partial charge in [0.1, 0.15) is 5.54 Å². The molecule has 0 aromatic rings. The maximum atomic E-state index is 9.45. The molecule has 2 rings (SSSR count).